The zero-order valence-corrected chi connectivity index (χ0v) is 14.5. The van der Waals surface area contributed by atoms with Crippen molar-refractivity contribution >= 4 is 39.5 Å². The van der Waals surface area contributed by atoms with Gasteiger partial charge in [0.2, 0.25) is 5.88 Å². The van der Waals surface area contributed by atoms with E-state index >= 15 is 0 Å². The number of hydrogen-bond acceptors (Lipinski definition) is 5. The molecule has 0 saturated carbocycles. The Morgan fingerprint density at radius 2 is 1.92 bits per heavy atom. The van der Waals surface area contributed by atoms with Gasteiger partial charge in [-0.05, 0) is 31.0 Å². The van der Waals surface area contributed by atoms with Gasteiger partial charge in [-0.2, -0.15) is 4.98 Å². The van der Waals surface area contributed by atoms with E-state index in [-0.39, 0.29) is 11.8 Å². The second kappa shape index (κ2) is 6.18. The average molecular weight is 362 g/mol. The molecule has 0 spiro atoms. The molecule has 5 nitrogen and oxygen atoms in total. The maximum atomic E-state index is 12.3. The molecule has 0 aliphatic carbocycles. The molecule has 0 bridgehead atoms. The fourth-order valence-electron chi connectivity index (χ4n) is 3.17. The molecule has 0 atom stereocenters. The molecule has 1 fully saturated rings. The number of amides is 1. The van der Waals surface area contributed by atoms with Crippen molar-refractivity contribution in [2.45, 2.75) is 25.7 Å². The van der Waals surface area contributed by atoms with Crippen LogP contribution in [0.3, 0.4) is 0 Å². The van der Waals surface area contributed by atoms with Crippen LogP contribution in [-0.4, -0.2) is 29.1 Å². The first-order chi connectivity index (χ1) is 11.6. The van der Waals surface area contributed by atoms with Gasteiger partial charge >= 0.3 is 0 Å². The lowest BCUT2D eigenvalue weighted by molar-refractivity contribution is -0.112. The molecule has 3 heterocycles. The molecular weight excluding hydrogens is 346 g/mol. The number of aromatic nitrogens is 1. The van der Waals surface area contributed by atoms with Crippen LogP contribution in [0, 0.1) is 0 Å². The maximum Gasteiger partial charge on any atom is 0.279 e. The Kier molecular flexibility index (Phi) is 4.02. The van der Waals surface area contributed by atoms with E-state index < -0.39 is 0 Å². The third-order valence-corrected chi connectivity index (χ3v) is 5.72. The standard InChI is InChI=1S/C17H16ClN3O2S/c18-10-5-6-12-11(9-10)13(15(22)19-12)14-16(23)20-17(24-14)21-7-3-1-2-4-8-21/h5-6,9,23H,1-4,7-8H2. The van der Waals surface area contributed by atoms with Gasteiger partial charge in [0, 0.05) is 23.3 Å². The first-order valence-electron chi connectivity index (χ1n) is 8.01. The summed E-state index contributed by atoms with van der Waals surface area (Å²) < 4.78 is 0. The Hall–Kier alpha value is -1.92. The quantitative estimate of drug-likeness (QED) is 0.890. The minimum atomic E-state index is -0.353. The van der Waals surface area contributed by atoms with Crippen LogP contribution in [-0.2, 0) is 4.79 Å². The molecular formula is C17H16ClN3O2S. The molecule has 1 aromatic carbocycles. The highest BCUT2D eigenvalue weighted by Crippen LogP contribution is 2.36. The second-order valence-corrected chi connectivity index (χ2v) is 7.42. The van der Waals surface area contributed by atoms with Gasteiger partial charge in [0.15, 0.2) is 5.13 Å². The Labute approximate surface area is 147 Å². The molecule has 1 N–H and O–H groups in total. The smallest absolute Gasteiger partial charge is 0.279 e. The predicted octanol–water partition coefficient (Wildman–Crippen LogP) is 2.24. The van der Waals surface area contributed by atoms with Gasteiger partial charge in [-0.3, -0.25) is 4.79 Å². The number of carbonyl (C=O) groups is 1. The molecule has 1 saturated heterocycles. The Morgan fingerprint density at radius 1 is 1.17 bits per heavy atom. The van der Waals surface area contributed by atoms with Crippen LogP contribution >= 0.6 is 22.9 Å². The van der Waals surface area contributed by atoms with Gasteiger partial charge in [0.1, 0.15) is 4.88 Å². The van der Waals surface area contributed by atoms with E-state index in [1.807, 2.05) is 0 Å². The van der Waals surface area contributed by atoms with Crippen molar-refractivity contribution in [2.24, 2.45) is 4.99 Å². The highest BCUT2D eigenvalue weighted by Gasteiger charge is 2.26. The van der Waals surface area contributed by atoms with Gasteiger partial charge in [-0.15, -0.1) is 0 Å². The number of carbonyl (C=O) groups excluding carboxylic acids is 1. The molecule has 2 aromatic rings. The number of thiazole rings is 1. The number of hydrogen-bond donors (Lipinski definition) is 1. The van der Waals surface area contributed by atoms with Gasteiger partial charge in [0.05, 0.1) is 10.9 Å². The number of fused-ring (bicyclic) bond motifs is 1. The summed E-state index contributed by atoms with van der Waals surface area (Å²) in [6.07, 6.45) is 4.70. The van der Waals surface area contributed by atoms with Crippen LogP contribution in [0.2, 0.25) is 5.02 Å². The lowest BCUT2D eigenvalue weighted by Crippen LogP contribution is -2.23. The summed E-state index contributed by atoms with van der Waals surface area (Å²) in [6, 6.07) is 5.14. The molecule has 124 valence electrons. The number of anilines is 1. The SMILES string of the molecule is O=C1N=c2ccc(Cl)cc2=C1c1sc(N2CCCCCC2)nc1O. The van der Waals surface area contributed by atoms with Crippen molar-refractivity contribution in [3.05, 3.63) is 38.7 Å². The van der Waals surface area contributed by atoms with Crippen LogP contribution in [0.15, 0.2) is 23.2 Å². The fourth-order valence-corrected chi connectivity index (χ4v) is 4.40. The van der Waals surface area contributed by atoms with Crippen LogP contribution in [0.25, 0.3) is 5.57 Å². The van der Waals surface area contributed by atoms with Gasteiger partial charge in [-0.25, -0.2) is 4.99 Å². The minimum absolute atomic E-state index is 0.106. The Bertz CT molecular complexity index is 930. The zero-order valence-electron chi connectivity index (χ0n) is 13.0. The van der Waals surface area contributed by atoms with E-state index in [1.165, 1.54) is 24.2 Å². The van der Waals surface area contributed by atoms with Crippen molar-refractivity contribution in [1.82, 2.24) is 4.98 Å². The summed E-state index contributed by atoms with van der Waals surface area (Å²) >= 11 is 7.41. The van der Waals surface area contributed by atoms with Crippen LogP contribution < -0.4 is 15.5 Å². The van der Waals surface area contributed by atoms with Crippen molar-refractivity contribution in [3.63, 3.8) is 0 Å². The van der Waals surface area contributed by atoms with Gasteiger partial charge in [0.25, 0.3) is 5.91 Å². The second-order valence-electron chi connectivity index (χ2n) is 6.00. The lowest BCUT2D eigenvalue weighted by atomic mass is 10.1. The molecule has 24 heavy (non-hydrogen) atoms. The van der Waals surface area contributed by atoms with E-state index in [4.69, 9.17) is 11.6 Å². The first-order valence-corrected chi connectivity index (χ1v) is 9.21. The summed E-state index contributed by atoms with van der Waals surface area (Å²) in [7, 11) is 0. The van der Waals surface area contributed by atoms with E-state index in [0.717, 1.165) is 31.1 Å². The molecule has 2 aliphatic rings. The molecule has 0 unspecified atom stereocenters. The van der Waals surface area contributed by atoms with Gasteiger partial charge in [-0.1, -0.05) is 35.8 Å². The molecule has 4 rings (SSSR count). The summed E-state index contributed by atoms with van der Waals surface area (Å²) in [5.74, 6) is -0.459. The number of benzene rings is 1. The van der Waals surface area contributed by atoms with E-state index in [9.17, 15) is 9.90 Å². The molecule has 1 amide bonds. The topological polar surface area (TPSA) is 65.8 Å². The zero-order chi connectivity index (χ0) is 16.7. The van der Waals surface area contributed by atoms with E-state index in [0.29, 0.717) is 26.0 Å². The van der Waals surface area contributed by atoms with E-state index in [1.54, 1.807) is 18.2 Å². The summed E-state index contributed by atoms with van der Waals surface area (Å²) in [4.78, 5) is 23.4. The summed E-state index contributed by atoms with van der Waals surface area (Å²) in [5.41, 5.74) is 0.392. The maximum absolute atomic E-state index is 12.3. The highest BCUT2D eigenvalue weighted by atomic mass is 35.5. The minimum Gasteiger partial charge on any atom is -0.492 e. The van der Waals surface area contributed by atoms with Crippen molar-refractivity contribution in [2.75, 3.05) is 18.0 Å². The molecule has 0 radical (unpaired) electrons. The molecule has 1 aromatic heterocycles. The largest absolute Gasteiger partial charge is 0.492 e. The number of aromatic hydroxyl groups is 1. The van der Waals surface area contributed by atoms with Crippen molar-refractivity contribution in [1.29, 1.82) is 0 Å². The predicted molar refractivity (Wildman–Crippen MR) is 94.2 cm³/mol. The third-order valence-electron chi connectivity index (χ3n) is 4.37. The van der Waals surface area contributed by atoms with Crippen molar-refractivity contribution in [3.8, 4) is 5.88 Å². The average Bonchev–Trinajstić information content (AvgIpc) is 2.93. The first kappa shape index (κ1) is 15.6. The molecule has 2 aliphatic heterocycles. The number of nitrogens with zero attached hydrogens (tertiary/aromatic N) is 3. The number of rotatable bonds is 2. The van der Waals surface area contributed by atoms with Crippen LogP contribution in [0.4, 0.5) is 5.13 Å². The van der Waals surface area contributed by atoms with Crippen LogP contribution in [0.1, 0.15) is 30.6 Å². The summed E-state index contributed by atoms with van der Waals surface area (Å²) in [5, 5.41) is 12.9. The normalized spacial score (nSPS) is 17.6. The van der Waals surface area contributed by atoms with E-state index in [2.05, 4.69) is 14.9 Å². The Balaban J connectivity index is 1.81. The third kappa shape index (κ3) is 2.70. The fraction of sp³-hybridized carbons (Fsp3) is 0.353. The number of halogens is 1. The lowest BCUT2D eigenvalue weighted by Gasteiger charge is -2.18. The monoisotopic (exact) mass is 361 g/mol. The highest BCUT2D eigenvalue weighted by molar-refractivity contribution is 7.17. The van der Waals surface area contributed by atoms with Crippen molar-refractivity contribution < 1.29 is 9.90 Å². The van der Waals surface area contributed by atoms with Crippen LogP contribution in [0.5, 0.6) is 5.88 Å². The molecule has 7 heteroatoms. The van der Waals surface area contributed by atoms with Gasteiger partial charge < -0.3 is 10.0 Å². The Morgan fingerprint density at radius 3 is 2.67 bits per heavy atom. The summed E-state index contributed by atoms with van der Waals surface area (Å²) in [6.45, 7) is 1.87.